The molecule has 0 saturated carbocycles. The molecule has 2 aliphatic rings. The lowest BCUT2D eigenvalue weighted by atomic mass is 9.94. The number of amides is 2. The highest BCUT2D eigenvalue weighted by atomic mass is 16.5. The van der Waals surface area contributed by atoms with Crippen LogP contribution in [0, 0.1) is 0 Å². The Balaban J connectivity index is 1.77. The molecule has 1 atom stereocenters. The number of hydrogen-bond acceptors (Lipinski definition) is 6. The summed E-state index contributed by atoms with van der Waals surface area (Å²) in [5.41, 5.74) is 4.89. The molecule has 0 radical (unpaired) electrons. The van der Waals surface area contributed by atoms with Crippen molar-refractivity contribution in [2.24, 2.45) is 5.10 Å². The second-order valence-corrected chi connectivity index (χ2v) is 8.60. The second kappa shape index (κ2) is 9.70. The maximum Gasteiger partial charge on any atom is 0.337 e. The molecule has 0 aliphatic carbocycles. The van der Waals surface area contributed by atoms with Gasteiger partial charge in [-0.2, -0.15) is 5.10 Å². The summed E-state index contributed by atoms with van der Waals surface area (Å²) in [5, 5.41) is 9.09. The predicted molar refractivity (Wildman–Crippen MR) is 131 cm³/mol. The van der Waals surface area contributed by atoms with Gasteiger partial charge in [-0.05, 0) is 50.2 Å². The molecule has 2 amide bonds. The number of hydrazone groups is 1. The minimum absolute atomic E-state index is 0.121. The Hall–Kier alpha value is -3.26. The number of benzene rings is 2. The Labute approximate surface area is 195 Å². The number of carbonyl (C=O) groups excluding carboxylic acids is 1. The number of likely N-dealkylation sites (N-methyl/N-ethyl adjacent to an activating group) is 1. The first-order chi connectivity index (χ1) is 15.9. The summed E-state index contributed by atoms with van der Waals surface area (Å²) in [6, 6.07) is 12.1. The van der Waals surface area contributed by atoms with Gasteiger partial charge in [-0.15, -0.1) is 0 Å². The number of nitrogens with zero attached hydrogens (tertiary/aromatic N) is 4. The van der Waals surface area contributed by atoms with Crippen molar-refractivity contribution in [2.45, 2.75) is 19.4 Å². The third-order valence-corrected chi connectivity index (χ3v) is 6.44. The molecule has 33 heavy (non-hydrogen) atoms. The van der Waals surface area contributed by atoms with Gasteiger partial charge < -0.3 is 24.6 Å². The predicted octanol–water partition coefficient (Wildman–Crippen LogP) is 2.79. The van der Waals surface area contributed by atoms with E-state index in [0.717, 1.165) is 48.6 Å². The minimum atomic E-state index is -0.235. The zero-order valence-corrected chi connectivity index (χ0v) is 20.1. The van der Waals surface area contributed by atoms with Crippen LogP contribution in [0.2, 0.25) is 0 Å². The smallest absolute Gasteiger partial charge is 0.337 e. The van der Waals surface area contributed by atoms with Gasteiger partial charge in [-0.1, -0.05) is 12.1 Å². The van der Waals surface area contributed by atoms with Gasteiger partial charge in [0, 0.05) is 50.0 Å². The van der Waals surface area contributed by atoms with Crippen molar-refractivity contribution in [2.75, 3.05) is 59.4 Å². The monoisotopic (exact) mass is 451 g/mol. The van der Waals surface area contributed by atoms with Gasteiger partial charge in [0.2, 0.25) is 0 Å². The van der Waals surface area contributed by atoms with E-state index < -0.39 is 0 Å². The van der Waals surface area contributed by atoms with E-state index >= 15 is 0 Å². The van der Waals surface area contributed by atoms with Crippen LogP contribution < -0.4 is 19.7 Å². The highest BCUT2D eigenvalue weighted by Crippen LogP contribution is 2.35. The molecule has 1 unspecified atom stereocenters. The fraction of sp³-hybridized carbons (Fsp3) is 0.440. The van der Waals surface area contributed by atoms with Gasteiger partial charge in [0.15, 0.2) is 11.5 Å². The van der Waals surface area contributed by atoms with Crippen LogP contribution in [0.15, 0.2) is 41.5 Å². The summed E-state index contributed by atoms with van der Waals surface area (Å²) >= 11 is 0. The van der Waals surface area contributed by atoms with Crippen LogP contribution in [0.1, 0.15) is 23.6 Å². The van der Waals surface area contributed by atoms with Gasteiger partial charge in [-0.25, -0.2) is 9.80 Å². The molecule has 176 valence electrons. The maximum absolute atomic E-state index is 12.6. The van der Waals surface area contributed by atoms with Crippen molar-refractivity contribution >= 4 is 17.4 Å². The van der Waals surface area contributed by atoms with Crippen molar-refractivity contribution in [1.29, 1.82) is 0 Å². The van der Waals surface area contributed by atoms with Crippen molar-refractivity contribution < 1.29 is 14.3 Å². The molecule has 1 fully saturated rings. The topological polar surface area (TPSA) is 69.6 Å². The molecular formula is C25H33N5O3. The van der Waals surface area contributed by atoms with E-state index in [4.69, 9.17) is 14.6 Å². The van der Waals surface area contributed by atoms with Crippen LogP contribution in [-0.2, 0) is 6.42 Å². The SMILES string of the molecule is CNC(=O)N1N=C(c2ccc(N3CCN(C)CC3)cc2)c2cc(OC)c(OC)cc2CC1C. The van der Waals surface area contributed by atoms with Crippen LogP contribution in [-0.4, -0.2) is 82.2 Å². The molecule has 4 rings (SSSR count). The molecule has 8 heteroatoms. The molecular weight excluding hydrogens is 418 g/mol. The lowest BCUT2D eigenvalue weighted by Crippen LogP contribution is -2.44. The van der Waals surface area contributed by atoms with Crippen LogP contribution >= 0.6 is 0 Å². The molecule has 0 spiro atoms. The first-order valence-electron chi connectivity index (χ1n) is 11.3. The number of piperazine rings is 1. The third-order valence-electron chi connectivity index (χ3n) is 6.44. The largest absolute Gasteiger partial charge is 0.493 e. The summed E-state index contributed by atoms with van der Waals surface area (Å²) in [4.78, 5) is 17.4. The van der Waals surface area contributed by atoms with Crippen LogP contribution in [0.3, 0.4) is 0 Å². The molecule has 2 aromatic carbocycles. The van der Waals surface area contributed by atoms with E-state index in [-0.39, 0.29) is 12.1 Å². The lowest BCUT2D eigenvalue weighted by Gasteiger charge is -2.34. The number of ether oxygens (including phenoxy) is 2. The Morgan fingerprint density at radius 3 is 2.27 bits per heavy atom. The molecule has 2 heterocycles. The number of anilines is 1. The van der Waals surface area contributed by atoms with Crippen molar-refractivity contribution in [3.8, 4) is 11.5 Å². The van der Waals surface area contributed by atoms with Gasteiger partial charge in [0.05, 0.1) is 26.0 Å². The van der Waals surface area contributed by atoms with E-state index in [0.29, 0.717) is 17.9 Å². The number of urea groups is 1. The van der Waals surface area contributed by atoms with E-state index in [2.05, 4.69) is 46.4 Å². The first-order valence-corrected chi connectivity index (χ1v) is 11.3. The maximum atomic E-state index is 12.6. The molecule has 0 bridgehead atoms. The summed E-state index contributed by atoms with van der Waals surface area (Å²) in [6.07, 6.45) is 0.648. The van der Waals surface area contributed by atoms with Gasteiger partial charge in [0.1, 0.15) is 0 Å². The number of methoxy groups -OCH3 is 2. The lowest BCUT2D eigenvalue weighted by molar-refractivity contribution is 0.184. The Morgan fingerprint density at radius 1 is 1.03 bits per heavy atom. The van der Waals surface area contributed by atoms with E-state index in [1.54, 1.807) is 21.3 Å². The van der Waals surface area contributed by atoms with Crippen molar-refractivity contribution in [3.05, 3.63) is 53.1 Å². The van der Waals surface area contributed by atoms with Gasteiger partial charge >= 0.3 is 6.03 Å². The van der Waals surface area contributed by atoms with Crippen molar-refractivity contribution in [3.63, 3.8) is 0 Å². The average Bonchev–Trinajstić information content (AvgIpc) is 2.98. The summed E-state index contributed by atoms with van der Waals surface area (Å²) in [6.45, 7) is 6.14. The Morgan fingerprint density at radius 2 is 1.67 bits per heavy atom. The van der Waals surface area contributed by atoms with Crippen LogP contribution in [0.5, 0.6) is 11.5 Å². The quantitative estimate of drug-likeness (QED) is 0.774. The van der Waals surface area contributed by atoms with Crippen LogP contribution in [0.4, 0.5) is 10.5 Å². The zero-order chi connectivity index (χ0) is 23.5. The Kier molecular flexibility index (Phi) is 6.74. The third kappa shape index (κ3) is 4.61. The standard InChI is InChI=1S/C25H33N5O3/c1-17-14-19-15-22(32-4)23(33-5)16-21(19)24(27-30(17)25(31)26-2)18-6-8-20(9-7-18)29-12-10-28(3)11-13-29/h6-9,15-17H,10-14H2,1-5H3,(H,26,31). The summed E-state index contributed by atoms with van der Waals surface area (Å²) < 4.78 is 11.1. The summed E-state index contributed by atoms with van der Waals surface area (Å²) in [5.74, 6) is 1.31. The summed E-state index contributed by atoms with van der Waals surface area (Å²) in [7, 11) is 7.04. The van der Waals surface area contributed by atoms with E-state index in [1.165, 1.54) is 10.7 Å². The molecule has 1 N–H and O–H groups in total. The van der Waals surface area contributed by atoms with Gasteiger partial charge in [-0.3, -0.25) is 0 Å². The second-order valence-electron chi connectivity index (χ2n) is 8.60. The minimum Gasteiger partial charge on any atom is -0.493 e. The molecule has 1 saturated heterocycles. The average molecular weight is 452 g/mol. The number of carbonyl (C=O) groups is 1. The highest BCUT2D eigenvalue weighted by Gasteiger charge is 2.28. The Bertz CT molecular complexity index is 1030. The first kappa shape index (κ1) is 22.9. The number of hydrogen-bond donors (Lipinski definition) is 1. The molecule has 0 aromatic heterocycles. The molecule has 8 nitrogen and oxygen atoms in total. The molecule has 2 aliphatic heterocycles. The normalized spacial score (nSPS) is 18.8. The number of fused-ring (bicyclic) bond motifs is 1. The highest BCUT2D eigenvalue weighted by molar-refractivity contribution is 6.14. The fourth-order valence-corrected chi connectivity index (χ4v) is 4.44. The van der Waals surface area contributed by atoms with E-state index in [1.807, 2.05) is 19.1 Å². The van der Waals surface area contributed by atoms with Crippen LogP contribution in [0.25, 0.3) is 0 Å². The zero-order valence-electron chi connectivity index (χ0n) is 20.1. The number of nitrogens with one attached hydrogen (secondary N) is 1. The fourth-order valence-electron chi connectivity index (χ4n) is 4.44. The van der Waals surface area contributed by atoms with Gasteiger partial charge in [0.25, 0.3) is 0 Å². The molecule has 2 aromatic rings. The number of rotatable bonds is 4. The van der Waals surface area contributed by atoms with Crippen molar-refractivity contribution in [1.82, 2.24) is 15.2 Å². The van der Waals surface area contributed by atoms with E-state index in [9.17, 15) is 4.79 Å².